The Hall–Kier alpha value is -1.32. The summed E-state index contributed by atoms with van der Waals surface area (Å²) in [7, 11) is 0. The first-order valence-corrected chi connectivity index (χ1v) is 5.08. The van der Waals surface area contributed by atoms with Crippen molar-refractivity contribution in [2.75, 3.05) is 13.2 Å². The molecule has 0 radical (unpaired) electrons. The van der Waals surface area contributed by atoms with Crippen LogP contribution in [0.25, 0.3) is 0 Å². The first kappa shape index (κ1) is 13.7. The van der Waals surface area contributed by atoms with Gasteiger partial charge in [0.2, 0.25) is 0 Å². The lowest BCUT2D eigenvalue weighted by atomic mass is 10.0. The van der Waals surface area contributed by atoms with Gasteiger partial charge in [-0.05, 0) is 19.8 Å². The Kier molecular flexibility index (Phi) is 6.42. The number of hydrogen-bond donors (Lipinski definition) is 0. The van der Waals surface area contributed by atoms with Crippen LogP contribution in [0.3, 0.4) is 0 Å². The molecule has 0 atom stereocenters. The summed E-state index contributed by atoms with van der Waals surface area (Å²) in [6.07, 6.45) is 1.20. The molecule has 4 nitrogen and oxygen atoms in total. The van der Waals surface area contributed by atoms with Crippen LogP contribution in [0.15, 0.2) is 11.6 Å². The second-order valence-electron chi connectivity index (χ2n) is 3.23. The molecule has 4 heteroatoms. The average molecular weight is 214 g/mol. The van der Waals surface area contributed by atoms with Gasteiger partial charge in [-0.2, -0.15) is 0 Å². The minimum absolute atomic E-state index is 0.0616. The number of carbonyl (C=O) groups is 2. The average Bonchev–Trinajstić information content (AvgIpc) is 2.14. The van der Waals surface area contributed by atoms with Gasteiger partial charge in [-0.25, -0.2) is 9.59 Å². The zero-order valence-electron chi connectivity index (χ0n) is 9.70. The fraction of sp³-hybridized carbons (Fsp3) is 0.636. The van der Waals surface area contributed by atoms with Crippen LogP contribution in [0.4, 0.5) is 0 Å². The van der Waals surface area contributed by atoms with Gasteiger partial charge in [-0.15, -0.1) is 0 Å². The molecule has 0 heterocycles. The van der Waals surface area contributed by atoms with Crippen LogP contribution < -0.4 is 0 Å². The molecule has 86 valence electrons. The van der Waals surface area contributed by atoms with E-state index in [1.54, 1.807) is 13.8 Å². The SMILES string of the molecule is CCOC(=O)/C=C(/C(=O)OCC)C(C)C. The fourth-order valence-corrected chi connectivity index (χ4v) is 0.987. The van der Waals surface area contributed by atoms with Crippen LogP contribution in [-0.4, -0.2) is 25.2 Å². The summed E-state index contributed by atoms with van der Waals surface area (Å²) in [6, 6.07) is 0. The summed E-state index contributed by atoms with van der Waals surface area (Å²) in [6.45, 7) is 7.67. The van der Waals surface area contributed by atoms with Crippen molar-refractivity contribution in [2.24, 2.45) is 5.92 Å². The molecule has 0 saturated carbocycles. The van der Waals surface area contributed by atoms with E-state index in [0.29, 0.717) is 18.8 Å². The van der Waals surface area contributed by atoms with Crippen molar-refractivity contribution in [3.05, 3.63) is 11.6 Å². The summed E-state index contributed by atoms with van der Waals surface area (Å²) in [5.74, 6) is -1.02. The molecule has 0 rings (SSSR count). The third-order valence-corrected chi connectivity index (χ3v) is 1.69. The second kappa shape index (κ2) is 7.04. The number of esters is 2. The minimum atomic E-state index is -0.505. The number of rotatable bonds is 5. The molecule has 0 aliphatic heterocycles. The molecule has 0 bridgehead atoms. The molecule has 0 fully saturated rings. The van der Waals surface area contributed by atoms with Crippen molar-refractivity contribution < 1.29 is 19.1 Å². The van der Waals surface area contributed by atoms with E-state index in [4.69, 9.17) is 9.47 Å². The Labute approximate surface area is 90.2 Å². The Morgan fingerprint density at radius 1 is 1.13 bits per heavy atom. The fourth-order valence-electron chi connectivity index (χ4n) is 0.987. The van der Waals surface area contributed by atoms with E-state index in [-0.39, 0.29) is 5.92 Å². The van der Waals surface area contributed by atoms with E-state index in [9.17, 15) is 9.59 Å². The quantitative estimate of drug-likeness (QED) is 0.516. The predicted octanol–water partition coefficient (Wildman–Crippen LogP) is 1.70. The topological polar surface area (TPSA) is 52.6 Å². The smallest absolute Gasteiger partial charge is 0.334 e. The zero-order chi connectivity index (χ0) is 11.8. The van der Waals surface area contributed by atoms with Crippen LogP contribution in [0.5, 0.6) is 0 Å². The van der Waals surface area contributed by atoms with Gasteiger partial charge in [-0.3, -0.25) is 0 Å². The van der Waals surface area contributed by atoms with E-state index < -0.39 is 11.9 Å². The standard InChI is InChI=1S/C11H18O4/c1-5-14-10(12)7-9(8(3)4)11(13)15-6-2/h7-8H,5-6H2,1-4H3/b9-7+. The monoisotopic (exact) mass is 214 g/mol. The number of hydrogen-bond acceptors (Lipinski definition) is 4. The van der Waals surface area contributed by atoms with Gasteiger partial charge < -0.3 is 9.47 Å². The molecule has 0 saturated heterocycles. The normalized spacial score (nSPS) is 11.4. The van der Waals surface area contributed by atoms with Crippen LogP contribution >= 0.6 is 0 Å². The van der Waals surface area contributed by atoms with E-state index in [1.807, 2.05) is 13.8 Å². The molecule has 0 aromatic heterocycles. The number of ether oxygens (including phenoxy) is 2. The molecule has 15 heavy (non-hydrogen) atoms. The van der Waals surface area contributed by atoms with Crippen LogP contribution in [0, 0.1) is 5.92 Å². The minimum Gasteiger partial charge on any atom is -0.463 e. The molecule has 0 spiro atoms. The Bertz CT molecular complexity index is 253. The van der Waals surface area contributed by atoms with Crippen LogP contribution in [0.2, 0.25) is 0 Å². The Balaban J connectivity index is 4.65. The first-order valence-electron chi connectivity index (χ1n) is 5.08. The second-order valence-corrected chi connectivity index (χ2v) is 3.23. The van der Waals surface area contributed by atoms with E-state index in [1.165, 1.54) is 6.08 Å². The molecule has 0 amide bonds. The molecular formula is C11H18O4. The van der Waals surface area contributed by atoms with Gasteiger partial charge in [0, 0.05) is 11.6 Å². The summed E-state index contributed by atoms with van der Waals surface area (Å²) in [5.41, 5.74) is 0.343. The summed E-state index contributed by atoms with van der Waals surface area (Å²) < 4.78 is 9.56. The highest BCUT2D eigenvalue weighted by atomic mass is 16.5. The summed E-state index contributed by atoms with van der Waals surface area (Å²) in [4.78, 5) is 22.6. The lowest BCUT2D eigenvalue weighted by molar-refractivity contribution is -0.141. The van der Waals surface area contributed by atoms with Crippen molar-refractivity contribution in [3.8, 4) is 0 Å². The maximum Gasteiger partial charge on any atom is 0.334 e. The molecule has 0 unspecified atom stereocenters. The first-order chi connectivity index (χ1) is 7.02. The van der Waals surface area contributed by atoms with Gasteiger partial charge in [0.15, 0.2) is 0 Å². The molecule has 0 aromatic rings. The van der Waals surface area contributed by atoms with Gasteiger partial charge in [0.1, 0.15) is 0 Å². The van der Waals surface area contributed by atoms with Gasteiger partial charge in [-0.1, -0.05) is 13.8 Å². The van der Waals surface area contributed by atoms with Crippen molar-refractivity contribution in [3.63, 3.8) is 0 Å². The van der Waals surface area contributed by atoms with Crippen LogP contribution in [-0.2, 0) is 19.1 Å². The number of carbonyl (C=O) groups excluding carboxylic acids is 2. The van der Waals surface area contributed by atoms with Gasteiger partial charge in [0.25, 0.3) is 0 Å². The zero-order valence-corrected chi connectivity index (χ0v) is 9.70. The Morgan fingerprint density at radius 3 is 2.07 bits per heavy atom. The summed E-state index contributed by atoms with van der Waals surface area (Å²) >= 11 is 0. The van der Waals surface area contributed by atoms with Crippen molar-refractivity contribution in [1.82, 2.24) is 0 Å². The molecule has 0 aliphatic rings. The Morgan fingerprint density at radius 2 is 1.67 bits per heavy atom. The van der Waals surface area contributed by atoms with E-state index in [0.717, 1.165) is 0 Å². The lowest BCUT2D eigenvalue weighted by Gasteiger charge is -2.09. The lowest BCUT2D eigenvalue weighted by Crippen LogP contribution is -2.14. The maximum absolute atomic E-state index is 11.4. The van der Waals surface area contributed by atoms with Crippen molar-refractivity contribution in [1.29, 1.82) is 0 Å². The van der Waals surface area contributed by atoms with E-state index >= 15 is 0 Å². The largest absolute Gasteiger partial charge is 0.463 e. The highest BCUT2D eigenvalue weighted by Gasteiger charge is 2.16. The molecule has 0 N–H and O–H groups in total. The highest BCUT2D eigenvalue weighted by molar-refractivity contribution is 5.96. The van der Waals surface area contributed by atoms with Gasteiger partial charge >= 0.3 is 11.9 Å². The molecular weight excluding hydrogens is 196 g/mol. The predicted molar refractivity (Wildman–Crippen MR) is 56.2 cm³/mol. The third-order valence-electron chi connectivity index (χ3n) is 1.69. The maximum atomic E-state index is 11.4. The van der Waals surface area contributed by atoms with Crippen molar-refractivity contribution >= 4 is 11.9 Å². The van der Waals surface area contributed by atoms with Crippen LogP contribution in [0.1, 0.15) is 27.7 Å². The highest BCUT2D eigenvalue weighted by Crippen LogP contribution is 2.11. The van der Waals surface area contributed by atoms with Crippen molar-refractivity contribution in [2.45, 2.75) is 27.7 Å². The summed E-state index contributed by atoms with van der Waals surface area (Å²) in [5, 5.41) is 0. The van der Waals surface area contributed by atoms with Gasteiger partial charge in [0.05, 0.1) is 13.2 Å². The molecule has 0 aliphatic carbocycles. The van der Waals surface area contributed by atoms with E-state index in [2.05, 4.69) is 0 Å². The third kappa shape index (κ3) is 5.20. The molecule has 0 aromatic carbocycles.